The van der Waals surface area contributed by atoms with Crippen LogP contribution in [-0.4, -0.2) is 18.7 Å². The van der Waals surface area contributed by atoms with Gasteiger partial charge in [-0.1, -0.05) is 18.6 Å². The first-order valence-electron chi connectivity index (χ1n) is 6.28. The summed E-state index contributed by atoms with van der Waals surface area (Å²) in [6.45, 7) is 1.11. The molecule has 1 fully saturated rings. The van der Waals surface area contributed by atoms with Crippen molar-refractivity contribution in [3.05, 3.63) is 29.3 Å². The van der Waals surface area contributed by atoms with E-state index in [1.54, 1.807) is 0 Å². The molecule has 1 aromatic carbocycles. The second-order valence-corrected chi connectivity index (χ2v) is 5.20. The Kier molecular flexibility index (Phi) is 2.40. The maximum absolute atomic E-state index is 10.2. The average molecular weight is 217 g/mol. The number of rotatable bonds is 2. The first-order chi connectivity index (χ1) is 7.75. The third-order valence-corrected chi connectivity index (χ3v) is 4.17. The van der Waals surface area contributed by atoms with E-state index < -0.39 is 0 Å². The topological polar surface area (TPSA) is 23.5 Å². The number of benzene rings is 1. The molecule has 1 aromatic rings. The Morgan fingerprint density at radius 2 is 2.19 bits per heavy atom. The molecule has 1 aliphatic carbocycles. The monoisotopic (exact) mass is 217 g/mol. The highest BCUT2D eigenvalue weighted by Crippen LogP contribution is 2.39. The van der Waals surface area contributed by atoms with Gasteiger partial charge in [0.05, 0.1) is 6.10 Å². The van der Waals surface area contributed by atoms with Crippen LogP contribution in [0.2, 0.25) is 0 Å². The van der Waals surface area contributed by atoms with Crippen LogP contribution in [0.1, 0.15) is 36.5 Å². The SMILES string of the molecule is CN1CCc2cc(C(O)C3CCC3)ccc21. The highest BCUT2D eigenvalue weighted by molar-refractivity contribution is 5.58. The molecule has 0 bridgehead atoms. The van der Waals surface area contributed by atoms with Gasteiger partial charge in [-0.3, -0.25) is 0 Å². The van der Waals surface area contributed by atoms with Crippen molar-refractivity contribution in [1.82, 2.24) is 0 Å². The number of likely N-dealkylation sites (N-methyl/N-ethyl adjacent to an activating group) is 1. The van der Waals surface area contributed by atoms with Gasteiger partial charge in [-0.05, 0) is 42.4 Å². The average Bonchev–Trinajstić information content (AvgIpc) is 2.57. The summed E-state index contributed by atoms with van der Waals surface area (Å²) in [4.78, 5) is 2.29. The summed E-state index contributed by atoms with van der Waals surface area (Å²) in [5.41, 5.74) is 3.86. The summed E-state index contributed by atoms with van der Waals surface area (Å²) in [5, 5.41) is 10.2. The summed E-state index contributed by atoms with van der Waals surface area (Å²) in [6, 6.07) is 6.48. The highest BCUT2D eigenvalue weighted by Gasteiger charge is 2.27. The van der Waals surface area contributed by atoms with Crippen molar-refractivity contribution in [2.24, 2.45) is 5.92 Å². The van der Waals surface area contributed by atoms with E-state index in [9.17, 15) is 5.11 Å². The molecule has 1 unspecified atom stereocenters. The molecule has 1 aliphatic heterocycles. The molecule has 0 radical (unpaired) electrons. The summed E-state index contributed by atoms with van der Waals surface area (Å²) < 4.78 is 0. The Hall–Kier alpha value is -1.02. The van der Waals surface area contributed by atoms with Gasteiger partial charge in [-0.25, -0.2) is 0 Å². The van der Waals surface area contributed by atoms with Gasteiger partial charge in [0.1, 0.15) is 0 Å². The largest absolute Gasteiger partial charge is 0.388 e. The minimum atomic E-state index is -0.232. The summed E-state index contributed by atoms with van der Waals surface area (Å²) in [7, 11) is 2.13. The molecule has 1 heterocycles. The van der Waals surface area contributed by atoms with Crippen molar-refractivity contribution in [2.75, 3.05) is 18.5 Å². The first kappa shape index (κ1) is 10.2. The zero-order chi connectivity index (χ0) is 11.1. The van der Waals surface area contributed by atoms with Gasteiger partial charge >= 0.3 is 0 Å². The molecule has 0 saturated heterocycles. The van der Waals surface area contributed by atoms with E-state index >= 15 is 0 Å². The van der Waals surface area contributed by atoms with Crippen LogP contribution in [-0.2, 0) is 6.42 Å². The summed E-state index contributed by atoms with van der Waals surface area (Å²) in [6.07, 6.45) is 4.56. The molecule has 1 atom stereocenters. The molecule has 1 N–H and O–H groups in total. The van der Waals surface area contributed by atoms with Crippen LogP contribution in [0.5, 0.6) is 0 Å². The number of aliphatic hydroxyl groups excluding tert-OH is 1. The van der Waals surface area contributed by atoms with Gasteiger partial charge in [0.2, 0.25) is 0 Å². The van der Waals surface area contributed by atoms with E-state index in [-0.39, 0.29) is 6.10 Å². The van der Waals surface area contributed by atoms with Crippen molar-refractivity contribution in [2.45, 2.75) is 31.8 Å². The van der Waals surface area contributed by atoms with E-state index in [4.69, 9.17) is 0 Å². The third kappa shape index (κ3) is 1.52. The molecule has 16 heavy (non-hydrogen) atoms. The lowest BCUT2D eigenvalue weighted by molar-refractivity contribution is 0.0621. The molecular weight excluding hydrogens is 198 g/mol. The Morgan fingerprint density at radius 3 is 2.88 bits per heavy atom. The van der Waals surface area contributed by atoms with Gasteiger partial charge in [0, 0.05) is 19.3 Å². The van der Waals surface area contributed by atoms with Crippen LogP contribution in [0.3, 0.4) is 0 Å². The lowest BCUT2D eigenvalue weighted by Crippen LogP contribution is -2.20. The Morgan fingerprint density at radius 1 is 1.38 bits per heavy atom. The lowest BCUT2D eigenvalue weighted by Gasteiger charge is -2.30. The number of hydrogen-bond donors (Lipinski definition) is 1. The number of fused-ring (bicyclic) bond motifs is 1. The van der Waals surface area contributed by atoms with E-state index in [0.717, 1.165) is 18.5 Å². The fraction of sp³-hybridized carbons (Fsp3) is 0.571. The predicted octanol–water partition coefficient (Wildman–Crippen LogP) is 2.51. The lowest BCUT2D eigenvalue weighted by atomic mass is 9.78. The summed E-state index contributed by atoms with van der Waals surface area (Å²) in [5.74, 6) is 0.511. The van der Waals surface area contributed by atoms with Gasteiger partial charge in [0.15, 0.2) is 0 Å². The van der Waals surface area contributed by atoms with Crippen molar-refractivity contribution in [3.63, 3.8) is 0 Å². The molecule has 3 rings (SSSR count). The van der Waals surface area contributed by atoms with Gasteiger partial charge in [-0.15, -0.1) is 0 Å². The minimum absolute atomic E-state index is 0.232. The van der Waals surface area contributed by atoms with Crippen LogP contribution in [0.25, 0.3) is 0 Å². The van der Waals surface area contributed by atoms with Crippen LogP contribution in [0.4, 0.5) is 5.69 Å². The normalized spacial score (nSPS) is 21.8. The Bertz CT molecular complexity index is 398. The molecule has 0 aromatic heterocycles. The number of anilines is 1. The van der Waals surface area contributed by atoms with Gasteiger partial charge in [-0.2, -0.15) is 0 Å². The smallest absolute Gasteiger partial charge is 0.0818 e. The molecular formula is C14H19NO. The van der Waals surface area contributed by atoms with E-state index in [2.05, 4.69) is 30.1 Å². The first-order valence-corrected chi connectivity index (χ1v) is 6.28. The van der Waals surface area contributed by atoms with Crippen molar-refractivity contribution < 1.29 is 5.11 Å². The fourth-order valence-corrected chi connectivity index (χ4v) is 2.80. The Balaban J connectivity index is 1.86. The minimum Gasteiger partial charge on any atom is -0.388 e. The van der Waals surface area contributed by atoms with Crippen molar-refractivity contribution >= 4 is 5.69 Å². The van der Waals surface area contributed by atoms with E-state index in [1.807, 2.05) is 0 Å². The van der Waals surface area contributed by atoms with Crippen LogP contribution in [0, 0.1) is 5.92 Å². The quantitative estimate of drug-likeness (QED) is 0.822. The van der Waals surface area contributed by atoms with Crippen LogP contribution >= 0.6 is 0 Å². The van der Waals surface area contributed by atoms with E-state index in [0.29, 0.717) is 5.92 Å². The fourth-order valence-electron chi connectivity index (χ4n) is 2.80. The second-order valence-electron chi connectivity index (χ2n) is 5.20. The van der Waals surface area contributed by atoms with Crippen LogP contribution in [0.15, 0.2) is 18.2 Å². The number of hydrogen-bond acceptors (Lipinski definition) is 2. The zero-order valence-corrected chi connectivity index (χ0v) is 9.82. The second kappa shape index (κ2) is 3.77. The van der Waals surface area contributed by atoms with E-state index in [1.165, 1.54) is 30.5 Å². The zero-order valence-electron chi connectivity index (χ0n) is 9.82. The Labute approximate surface area is 96.9 Å². The number of nitrogens with zero attached hydrogens (tertiary/aromatic N) is 1. The predicted molar refractivity (Wildman–Crippen MR) is 65.7 cm³/mol. The van der Waals surface area contributed by atoms with Gasteiger partial charge < -0.3 is 10.0 Å². The molecule has 2 nitrogen and oxygen atoms in total. The highest BCUT2D eigenvalue weighted by atomic mass is 16.3. The molecule has 0 amide bonds. The van der Waals surface area contributed by atoms with Gasteiger partial charge in [0.25, 0.3) is 0 Å². The maximum Gasteiger partial charge on any atom is 0.0818 e. The maximum atomic E-state index is 10.2. The summed E-state index contributed by atoms with van der Waals surface area (Å²) >= 11 is 0. The standard InChI is InChI=1S/C14H19NO/c1-15-8-7-11-9-12(5-6-13(11)15)14(16)10-3-2-4-10/h5-6,9-10,14,16H,2-4,7-8H2,1H3. The molecule has 86 valence electrons. The van der Waals surface area contributed by atoms with Crippen molar-refractivity contribution in [3.8, 4) is 0 Å². The molecule has 2 heteroatoms. The molecule has 2 aliphatic rings. The van der Waals surface area contributed by atoms with Crippen molar-refractivity contribution in [1.29, 1.82) is 0 Å². The molecule has 0 spiro atoms. The van der Waals surface area contributed by atoms with Crippen LogP contribution < -0.4 is 4.90 Å². The number of aliphatic hydroxyl groups is 1. The molecule has 1 saturated carbocycles. The third-order valence-electron chi connectivity index (χ3n) is 4.17.